The van der Waals surface area contributed by atoms with Crippen molar-refractivity contribution < 1.29 is 4.79 Å². The number of piperazine rings is 1. The van der Waals surface area contributed by atoms with Gasteiger partial charge in [0.05, 0.1) is 5.54 Å². The van der Waals surface area contributed by atoms with Gasteiger partial charge >= 0.3 is 0 Å². The van der Waals surface area contributed by atoms with Crippen LogP contribution >= 0.6 is 0 Å². The van der Waals surface area contributed by atoms with Crippen molar-refractivity contribution in [2.24, 2.45) is 0 Å². The Balaban J connectivity index is 1.34. The Labute approximate surface area is 190 Å². The predicted molar refractivity (Wildman–Crippen MR) is 130 cm³/mol. The topological polar surface area (TPSA) is 44.4 Å². The third-order valence-electron chi connectivity index (χ3n) is 7.85. The van der Waals surface area contributed by atoms with E-state index in [1.54, 1.807) is 0 Å². The number of nitrogens with one attached hydrogen (secondary N) is 2. The third kappa shape index (κ3) is 3.12. The number of nitrogens with zero attached hydrogens (tertiary/aromatic N) is 1. The van der Waals surface area contributed by atoms with Gasteiger partial charge in [-0.3, -0.25) is 4.79 Å². The smallest absolute Gasteiger partial charge is 0.252 e. The van der Waals surface area contributed by atoms with E-state index in [0.29, 0.717) is 12.1 Å². The fourth-order valence-electron chi connectivity index (χ4n) is 6.05. The van der Waals surface area contributed by atoms with Gasteiger partial charge in [-0.2, -0.15) is 0 Å². The molecule has 2 heterocycles. The normalized spacial score (nSPS) is 23.4. The molecule has 2 unspecified atom stereocenters. The second-order valence-corrected chi connectivity index (χ2v) is 9.97. The Kier molecular flexibility index (Phi) is 4.55. The minimum atomic E-state index is -0.247. The Bertz CT molecular complexity index is 1190. The summed E-state index contributed by atoms with van der Waals surface area (Å²) in [7, 11) is 0. The first-order valence-electron chi connectivity index (χ1n) is 12.0. The second kappa shape index (κ2) is 7.35. The largest absolute Gasteiger partial charge is 0.363 e. The molecule has 2 atom stereocenters. The Hall–Kier alpha value is -2.85. The molecule has 4 heteroatoms. The van der Waals surface area contributed by atoms with Crippen LogP contribution in [0.2, 0.25) is 0 Å². The maximum atomic E-state index is 13.6. The van der Waals surface area contributed by atoms with Crippen LogP contribution in [-0.4, -0.2) is 31.1 Å². The molecular formula is C28H31N3O. The zero-order valence-electron chi connectivity index (χ0n) is 18.9. The van der Waals surface area contributed by atoms with E-state index in [9.17, 15) is 4.79 Å². The Morgan fingerprint density at radius 2 is 1.69 bits per heavy atom. The highest BCUT2D eigenvalue weighted by molar-refractivity contribution is 5.98. The SMILES string of the molecule is Cc1cc(C)c(N2C3CCC2CNC3)cc1C(=O)NC1(c2cccc3ccccc23)CC1. The van der Waals surface area contributed by atoms with E-state index in [0.717, 1.165) is 37.1 Å². The minimum absolute atomic E-state index is 0.0525. The fourth-order valence-corrected chi connectivity index (χ4v) is 6.05. The van der Waals surface area contributed by atoms with E-state index in [2.05, 4.69) is 84.0 Å². The maximum Gasteiger partial charge on any atom is 0.252 e. The molecule has 2 saturated heterocycles. The van der Waals surface area contributed by atoms with Crippen LogP contribution in [0.5, 0.6) is 0 Å². The summed E-state index contributed by atoms with van der Waals surface area (Å²) >= 11 is 0. The van der Waals surface area contributed by atoms with E-state index in [1.807, 2.05) is 0 Å². The van der Waals surface area contributed by atoms with Crippen LogP contribution in [0.25, 0.3) is 10.8 Å². The summed E-state index contributed by atoms with van der Waals surface area (Å²) in [6.07, 6.45) is 4.45. The molecule has 0 aromatic heterocycles. The molecule has 32 heavy (non-hydrogen) atoms. The average molecular weight is 426 g/mol. The average Bonchev–Trinajstić information content (AvgIpc) is 3.53. The number of hydrogen-bond acceptors (Lipinski definition) is 3. The van der Waals surface area contributed by atoms with Crippen LogP contribution in [0.3, 0.4) is 0 Å². The first kappa shape index (κ1) is 19.8. The van der Waals surface area contributed by atoms with E-state index < -0.39 is 0 Å². The number of hydrogen-bond donors (Lipinski definition) is 2. The molecule has 1 aliphatic carbocycles. The van der Waals surface area contributed by atoms with Crippen LogP contribution in [0.1, 0.15) is 52.7 Å². The van der Waals surface area contributed by atoms with Crippen LogP contribution in [0.4, 0.5) is 5.69 Å². The predicted octanol–water partition coefficient (Wildman–Crippen LogP) is 4.82. The number of fused-ring (bicyclic) bond motifs is 3. The Morgan fingerprint density at radius 1 is 0.969 bits per heavy atom. The second-order valence-electron chi connectivity index (χ2n) is 9.97. The number of benzene rings is 3. The molecule has 0 radical (unpaired) electrons. The molecule has 0 spiro atoms. The van der Waals surface area contributed by atoms with Gasteiger partial charge in [-0.25, -0.2) is 0 Å². The lowest BCUT2D eigenvalue weighted by atomic mass is 9.95. The first-order valence-corrected chi connectivity index (χ1v) is 12.0. The van der Waals surface area contributed by atoms with E-state index >= 15 is 0 Å². The number of aryl methyl sites for hydroxylation is 2. The van der Waals surface area contributed by atoms with Crippen molar-refractivity contribution in [3.05, 3.63) is 76.9 Å². The van der Waals surface area contributed by atoms with Crippen LogP contribution in [-0.2, 0) is 5.54 Å². The monoisotopic (exact) mass is 425 g/mol. The lowest BCUT2D eigenvalue weighted by Gasteiger charge is -2.38. The molecule has 2 aliphatic heterocycles. The lowest BCUT2D eigenvalue weighted by molar-refractivity contribution is 0.0930. The zero-order valence-corrected chi connectivity index (χ0v) is 18.9. The quantitative estimate of drug-likeness (QED) is 0.630. The molecule has 3 fully saturated rings. The standard InChI is InChI=1S/C28H31N3O/c1-18-14-19(2)26(31-21-10-11-22(31)17-29-16-21)15-24(18)27(32)30-28(12-13-28)25-9-5-7-20-6-3-4-8-23(20)25/h3-9,14-15,21-22,29H,10-13,16-17H2,1-2H3,(H,30,32). The summed E-state index contributed by atoms with van der Waals surface area (Å²) in [5, 5.41) is 9.49. The molecular weight excluding hydrogens is 394 g/mol. The summed E-state index contributed by atoms with van der Waals surface area (Å²) in [6, 6.07) is 20.4. The molecule has 1 amide bonds. The molecule has 3 aliphatic rings. The van der Waals surface area contributed by atoms with Crippen molar-refractivity contribution in [2.45, 2.75) is 57.2 Å². The summed E-state index contributed by atoms with van der Waals surface area (Å²) in [5.41, 5.74) is 5.38. The lowest BCUT2D eigenvalue weighted by Crippen LogP contribution is -2.52. The molecule has 2 bridgehead atoms. The molecule has 6 rings (SSSR count). The van der Waals surface area contributed by atoms with Gasteiger partial charge in [0.1, 0.15) is 0 Å². The highest BCUT2D eigenvalue weighted by Gasteiger charge is 2.47. The summed E-state index contributed by atoms with van der Waals surface area (Å²) < 4.78 is 0. The molecule has 4 nitrogen and oxygen atoms in total. The van der Waals surface area contributed by atoms with Gasteiger partial charge in [-0.15, -0.1) is 0 Å². The molecule has 3 aromatic carbocycles. The van der Waals surface area contributed by atoms with Crippen molar-refractivity contribution in [1.29, 1.82) is 0 Å². The molecule has 3 aromatic rings. The van der Waals surface area contributed by atoms with Crippen LogP contribution < -0.4 is 15.5 Å². The highest BCUT2D eigenvalue weighted by Crippen LogP contribution is 2.48. The van der Waals surface area contributed by atoms with Crippen molar-refractivity contribution in [3.8, 4) is 0 Å². The third-order valence-corrected chi connectivity index (χ3v) is 7.85. The van der Waals surface area contributed by atoms with Crippen LogP contribution in [0.15, 0.2) is 54.6 Å². The summed E-state index contributed by atoms with van der Waals surface area (Å²) in [5.74, 6) is 0.0525. The van der Waals surface area contributed by atoms with Gasteiger partial charge in [-0.05, 0) is 73.1 Å². The number of carbonyl (C=O) groups excluding carboxylic acids is 1. The fraction of sp³-hybridized carbons (Fsp3) is 0.393. The first-order chi connectivity index (χ1) is 15.6. The number of carbonyl (C=O) groups is 1. The zero-order chi connectivity index (χ0) is 21.9. The van der Waals surface area contributed by atoms with E-state index in [1.165, 1.54) is 40.4 Å². The number of anilines is 1. The number of rotatable bonds is 4. The van der Waals surface area contributed by atoms with Crippen molar-refractivity contribution >= 4 is 22.4 Å². The van der Waals surface area contributed by atoms with Gasteiger partial charge in [0.25, 0.3) is 5.91 Å². The van der Waals surface area contributed by atoms with Gasteiger partial charge in [0.15, 0.2) is 0 Å². The van der Waals surface area contributed by atoms with Crippen molar-refractivity contribution in [3.63, 3.8) is 0 Å². The Morgan fingerprint density at radius 3 is 2.44 bits per heavy atom. The van der Waals surface area contributed by atoms with E-state index in [4.69, 9.17) is 0 Å². The van der Waals surface area contributed by atoms with Crippen molar-refractivity contribution in [1.82, 2.24) is 10.6 Å². The minimum Gasteiger partial charge on any atom is -0.363 e. The summed E-state index contributed by atoms with van der Waals surface area (Å²) in [6.45, 7) is 6.32. The number of amides is 1. The summed E-state index contributed by atoms with van der Waals surface area (Å²) in [4.78, 5) is 16.2. The molecule has 1 saturated carbocycles. The van der Waals surface area contributed by atoms with Gasteiger partial charge in [0, 0.05) is 36.4 Å². The van der Waals surface area contributed by atoms with Gasteiger partial charge < -0.3 is 15.5 Å². The van der Waals surface area contributed by atoms with Gasteiger partial charge in [0.2, 0.25) is 0 Å². The van der Waals surface area contributed by atoms with E-state index in [-0.39, 0.29) is 11.4 Å². The van der Waals surface area contributed by atoms with Crippen LogP contribution in [0, 0.1) is 13.8 Å². The maximum absolute atomic E-state index is 13.6. The van der Waals surface area contributed by atoms with Gasteiger partial charge in [-0.1, -0.05) is 48.5 Å². The molecule has 164 valence electrons. The highest BCUT2D eigenvalue weighted by atomic mass is 16.1. The molecule has 2 N–H and O–H groups in total. The van der Waals surface area contributed by atoms with Crippen molar-refractivity contribution in [2.75, 3.05) is 18.0 Å².